The van der Waals surface area contributed by atoms with Gasteiger partial charge in [-0.2, -0.15) is 0 Å². The highest BCUT2D eigenvalue weighted by atomic mass is 32.1. The maximum absolute atomic E-state index is 12.9. The van der Waals surface area contributed by atoms with Crippen LogP contribution in [0.1, 0.15) is 53.2 Å². The molecule has 5 nitrogen and oxygen atoms in total. The van der Waals surface area contributed by atoms with Crippen LogP contribution in [0.25, 0.3) is 0 Å². The van der Waals surface area contributed by atoms with E-state index in [-0.39, 0.29) is 17.9 Å². The Hall–Kier alpha value is -2.21. The van der Waals surface area contributed by atoms with Crippen LogP contribution in [0.5, 0.6) is 0 Å². The topological polar surface area (TPSA) is 62.3 Å². The molecule has 1 aliphatic heterocycles. The second-order valence-corrected chi connectivity index (χ2v) is 6.90. The highest BCUT2D eigenvalue weighted by Crippen LogP contribution is 2.28. The summed E-state index contributed by atoms with van der Waals surface area (Å²) in [6, 6.07) is 5.55. The number of benzene rings is 1. The normalized spacial score (nSPS) is 15.6. The molecule has 2 aromatic rings. The number of anilines is 1. The predicted octanol–water partition coefficient (Wildman–Crippen LogP) is 3.46. The molecule has 3 rings (SSSR count). The van der Waals surface area contributed by atoms with Gasteiger partial charge in [0.05, 0.1) is 17.3 Å². The summed E-state index contributed by atoms with van der Waals surface area (Å²) in [6.07, 6.45) is 3.90. The van der Waals surface area contributed by atoms with E-state index in [9.17, 15) is 9.59 Å². The molecule has 1 fully saturated rings. The average Bonchev–Trinajstić information content (AvgIpc) is 3.24. The fourth-order valence-electron chi connectivity index (χ4n) is 2.95. The second-order valence-electron chi connectivity index (χ2n) is 5.97. The van der Waals surface area contributed by atoms with Gasteiger partial charge in [-0.3, -0.25) is 9.59 Å². The maximum Gasteiger partial charge on any atom is 0.253 e. The third-order valence-corrected chi connectivity index (χ3v) is 5.11. The first-order chi connectivity index (χ1) is 11.6. The van der Waals surface area contributed by atoms with Gasteiger partial charge in [0.1, 0.15) is 5.01 Å². The van der Waals surface area contributed by atoms with E-state index in [1.165, 1.54) is 11.3 Å². The molecule has 1 aliphatic rings. The third-order valence-electron chi connectivity index (χ3n) is 4.22. The van der Waals surface area contributed by atoms with Gasteiger partial charge >= 0.3 is 0 Å². The summed E-state index contributed by atoms with van der Waals surface area (Å²) >= 11 is 1.54. The minimum Gasteiger partial charge on any atom is -0.343 e. The van der Waals surface area contributed by atoms with Crippen molar-refractivity contribution in [1.29, 1.82) is 0 Å². The maximum atomic E-state index is 12.9. The smallest absolute Gasteiger partial charge is 0.253 e. The molecule has 1 saturated heterocycles. The summed E-state index contributed by atoms with van der Waals surface area (Å²) in [6.45, 7) is 4.64. The number of carbonyl (C=O) groups excluding carboxylic acids is 2. The van der Waals surface area contributed by atoms with Crippen LogP contribution in [0.15, 0.2) is 29.8 Å². The highest BCUT2D eigenvalue weighted by molar-refractivity contribution is 7.09. The highest BCUT2D eigenvalue weighted by Gasteiger charge is 2.27. The molecular formula is C18H21N3O2S. The lowest BCUT2D eigenvalue weighted by Gasteiger charge is -2.21. The molecule has 2 heterocycles. The predicted molar refractivity (Wildman–Crippen MR) is 95.4 cm³/mol. The van der Waals surface area contributed by atoms with Gasteiger partial charge in [0.15, 0.2) is 0 Å². The Labute approximate surface area is 145 Å². The first-order valence-corrected chi connectivity index (χ1v) is 9.09. The van der Waals surface area contributed by atoms with E-state index in [0.29, 0.717) is 24.2 Å². The third kappa shape index (κ3) is 3.33. The number of aryl methyl sites for hydroxylation is 1. The van der Waals surface area contributed by atoms with Gasteiger partial charge in [-0.1, -0.05) is 18.6 Å². The molecule has 0 radical (unpaired) electrons. The minimum atomic E-state index is -0.157. The molecule has 2 amide bonds. The Morgan fingerprint density at radius 3 is 2.92 bits per heavy atom. The van der Waals surface area contributed by atoms with Gasteiger partial charge in [-0.15, -0.1) is 11.3 Å². The molecule has 0 aliphatic carbocycles. The lowest BCUT2D eigenvalue weighted by Crippen LogP contribution is -2.31. The molecule has 1 aromatic heterocycles. The number of thiazole rings is 1. The molecule has 1 aromatic carbocycles. The van der Waals surface area contributed by atoms with E-state index in [4.69, 9.17) is 0 Å². The lowest BCUT2D eigenvalue weighted by molar-refractivity contribution is -0.117. The number of amides is 2. The molecule has 0 bridgehead atoms. The first-order valence-electron chi connectivity index (χ1n) is 8.21. The largest absolute Gasteiger partial charge is 0.343 e. The van der Waals surface area contributed by atoms with Crippen LogP contribution in [0, 0.1) is 6.92 Å². The van der Waals surface area contributed by atoms with Crippen molar-refractivity contribution >= 4 is 28.8 Å². The molecule has 24 heavy (non-hydrogen) atoms. The van der Waals surface area contributed by atoms with Crippen LogP contribution >= 0.6 is 11.3 Å². The van der Waals surface area contributed by atoms with E-state index in [2.05, 4.69) is 10.3 Å². The summed E-state index contributed by atoms with van der Waals surface area (Å²) < 4.78 is 0. The van der Waals surface area contributed by atoms with E-state index >= 15 is 0 Å². The minimum absolute atomic E-state index is 0.0832. The van der Waals surface area contributed by atoms with Crippen molar-refractivity contribution in [2.24, 2.45) is 0 Å². The van der Waals surface area contributed by atoms with Crippen LogP contribution in [-0.2, 0) is 4.79 Å². The lowest BCUT2D eigenvalue weighted by atomic mass is 10.1. The van der Waals surface area contributed by atoms with Crippen LogP contribution in [0.2, 0.25) is 0 Å². The number of nitrogens with zero attached hydrogens (tertiary/aromatic N) is 2. The van der Waals surface area contributed by atoms with E-state index in [1.807, 2.05) is 37.4 Å². The summed E-state index contributed by atoms with van der Waals surface area (Å²) in [7, 11) is 0. The van der Waals surface area contributed by atoms with Gasteiger partial charge in [-0.05, 0) is 31.9 Å². The number of nitrogens with one attached hydrogen (secondary N) is 1. The monoisotopic (exact) mass is 343 g/mol. The van der Waals surface area contributed by atoms with Crippen molar-refractivity contribution in [2.75, 3.05) is 11.4 Å². The van der Waals surface area contributed by atoms with Crippen LogP contribution in [0.3, 0.4) is 0 Å². The van der Waals surface area contributed by atoms with E-state index in [1.54, 1.807) is 11.1 Å². The van der Waals surface area contributed by atoms with Gasteiger partial charge in [0.25, 0.3) is 5.91 Å². The van der Waals surface area contributed by atoms with Gasteiger partial charge in [0.2, 0.25) is 5.91 Å². The number of hydrogen-bond donors (Lipinski definition) is 1. The first kappa shape index (κ1) is 16.6. The summed E-state index contributed by atoms with van der Waals surface area (Å²) in [5.41, 5.74) is 2.26. The Morgan fingerprint density at radius 2 is 2.29 bits per heavy atom. The standard InChI is InChI=1S/C18H21N3O2S/c1-3-14(18-19-8-10-24-18)20-17(23)13-11-12(2)6-7-15(13)21-9-4-5-16(21)22/h6-8,10-11,14H,3-5,9H2,1-2H3,(H,20,23). The summed E-state index contributed by atoms with van der Waals surface area (Å²) in [4.78, 5) is 31.0. The fourth-order valence-corrected chi connectivity index (χ4v) is 3.72. The van der Waals surface area contributed by atoms with Crippen molar-refractivity contribution in [2.45, 2.75) is 39.2 Å². The molecule has 0 spiro atoms. The average molecular weight is 343 g/mol. The molecular weight excluding hydrogens is 322 g/mol. The van der Waals surface area contributed by atoms with Gasteiger partial charge in [-0.25, -0.2) is 4.98 Å². The van der Waals surface area contributed by atoms with Crippen LogP contribution in [-0.4, -0.2) is 23.3 Å². The molecule has 1 N–H and O–H groups in total. The number of carbonyl (C=O) groups is 2. The zero-order chi connectivity index (χ0) is 17.1. The Balaban J connectivity index is 1.88. The van der Waals surface area contributed by atoms with Crippen LogP contribution in [0.4, 0.5) is 5.69 Å². The SMILES string of the molecule is CCC(NC(=O)c1cc(C)ccc1N1CCCC1=O)c1nccs1. The number of aromatic nitrogens is 1. The zero-order valence-corrected chi connectivity index (χ0v) is 14.7. The molecule has 126 valence electrons. The molecule has 1 atom stereocenters. The van der Waals surface area contributed by atoms with Crippen molar-refractivity contribution in [3.05, 3.63) is 45.9 Å². The van der Waals surface area contributed by atoms with Crippen LogP contribution < -0.4 is 10.2 Å². The van der Waals surface area contributed by atoms with Gasteiger partial charge in [0, 0.05) is 24.5 Å². The molecule has 6 heteroatoms. The zero-order valence-electron chi connectivity index (χ0n) is 13.9. The number of hydrogen-bond acceptors (Lipinski definition) is 4. The van der Waals surface area contributed by atoms with E-state index in [0.717, 1.165) is 23.4 Å². The molecule has 0 saturated carbocycles. The fraction of sp³-hybridized carbons (Fsp3) is 0.389. The van der Waals surface area contributed by atoms with E-state index < -0.39 is 0 Å². The quantitative estimate of drug-likeness (QED) is 0.904. The summed E-state index contributed by atoms with van der Waals surface area (Å²) in [5, 5.41) is 5.87. The molecule has 1 unspecified atom stereocenters. The Kier molecular flexibility index (Phi) is 4.94. The Bertz CT molecular complexity index is 743. The summed E-state index contributed by atoms with van der Waals surface area (Å²) in [5.74, 6) is -0.0738. The number of rotatable bonds is 5. The van der Waals surface area contributed by atoms with Crippen molar-refractivity contribution < 1.29 is 9.59 Å². The van der Waals surface area contributed by atoms with Crippen molar-refractivity contribution in [3.63, 3.8) is 0 Å². The van der Waals surface area contributed by atoms with Crippen molar-refractivity contribution in [3.8, 4) is 0 Å². The van der Waals surface area contributed by atoms with Gasteiger partial charge < -0.3 is 10.2 Å². The van der Waals surface area contributed by atoms with Crippen molar-refractivity contribution in [1.82, 2.24) is 10.3 Å². The Morgan fingerprint density at radius 1 is 1.46 bits per heavy atom. The second kappa shape index (κ2) is 7.13.